The van der Waals surface area contributed by atoms with Gasteiger partial charge >= 0.3 is 5.97 Å². The molecule has 0 aliphatic heterocycles. The molecule has 0 unspecified atom stereocenters. The third kappa shape index (κ3) is 24.3. The van der Waals surface area contributed by atoms with E-state index >= 15 is 0 Å². The van der Waals surface area contributed by atoms with Crippen molar-refractivity contribution in [3.63, 3.8) is 0 Å². The summed E-state index contributed by atoms with van der Waals surface area (Å²) in [6.45, 7) is 4.43. The number of nitrogens with two attached hydrogens (primary N) is 2. The Bertz CT molecular complexity index is 1130. The third-order valence-corrected chi connectivity index (χ3v) is 9.61. The largest absolute Gasteiger partial charge is 0.480 e. The van der Waals surface area contributed by atoms with Crippen molar-refractivity contribution in [1.82, 2.24) is 26.6 Å². The number of carboxylic acid groups (broad SMARTS) is 1. The highest BCUT2D eigenvalue weighted by molar-refractivity contribution is 5.96. The van der Waals surface area contributed by atoms with E-state index in [1.165, 1.54) is 71.6 Å². The minimum atomic E-state index is -1.67. The highest BCUT2D eigenvalue weighted by Gasteiger charge is 2.35. The van der Waals surface area contributed by atoms with Crippen LogP contribution in [0.2, 0.25) is 0 Å². The van der Waals surface area contributed by atoms with Crippen LogP contribution >= 0.6 is 0 Å². The number of carboxylic acids is 1. The number of nitrogens with one attached hydrogen (secondary N) is 5. The molecular weight excluding hydrogens is 726 g/mol. The number of hydrogen-bond acceptors (Lipinski definition) is 11. The number of carbonyl (C=O) groups is 6. The molecule has 0 radical (unpaired) electrons. The molecule has 5 amide bonds. The molecule has 0 rings (SSSR count). The fraction of sp³-hybridized carbons (Fsp3) is 0.846. The fourth-order valence-electron chi connectivity index (χ4n) is 6.12. The van der Waals surface area contributed by atoms with Crippen LogP contribution in [0.3, 0.4) is 0 Å². The maximum Gasteiger partial charge on any atom is 0.328 e. The minimum absolute atomic E-state index is 0.0238. The summed E-state index contributed by atoms with van der Waals surface area (Å²) in [7, 11) is 0. The number of aliphatic carboxylic acids is 1. The Morgan fingerprint density at radius 2 is 0.875 bits per heavy atom. The zero-order valence-corrected chi connectivity index (χ0v) is 34.2. The van der Waals surface area contributed by atoms with Crippen LogP contribution in [-0.4, -0.2) is 118 Å². The molecule has 326 valence electrons. The molecule has 17 heteroatoms. The van der Waals surface area contributed by atoms with E-state index in [2.05, 4.69) is 33.5 Å². The smallest absolute Gasteiger partial charge is 0.328 e. The van der Waals surface area contributed by atoms with Crippen LogP contribution in [0.25, 0.3) is 0 Å². The lowest BCUT2D eigenvalue weighted by Crippen LogP contribution is -2.62. The summed E-state index contributed by atoms with van der Waals surface area (Å²) in [5, 5.41) is 51.6. The molecule has 0 aromatic rings. The lowest BCUT2D eigenvalue weighted by Gasteiger charge is -2.29. The van der Waals surface area contributed by atoms with E-state index < -0.39 is 78.6 Å². The Balaban J connectivity index is 5.38. The van der Waals surface area contributed by atoms with Crippen molar-refractivity contribution in [3.8, 4) is 0 Å². The molecule has 0 aliphatic rings. The second kappa shape index (κ2) is 32.7. The van der Waals surface area contributed by atoms with Crippen LogP contribution in [-0.2, 0) is 28.8 Å². The van der Waals surface area contributed by atoms with Gasteiger partial charge in [-0.2, -0.15) is 0 Å². The Morgan fingerprint density at radius 1 is 0.500 bits per heavy atom. The molecule has 0 saturated heterocycles. The first kappa shape index (κ1) is 52.6. The van der Waals surface area contributed by atoms with Crippen LogP contribution in [0.1, 0.15) is 149 Å². The van der Waals surface area contributed by atoms with E-state index in [9.17, 15) is 49.2 Å². The lowest BCUT2D eigenvalue weighted by atomic mass is 10.0. The van der Waals surface area contributed by atoms with Crippen molar-refractivity contribution in [1.29, 1.82) is 0 Å². The Morgan fingerprint density at radius 3 is 1.29 bits per heavy atom. The molecule has 17 nitrogen and oxygen atoms in total. The van der Waals surface area contributed by atoms with Crippen LogP contribution in [0, 0.1) is 0 Å². The van der Waals surface area contributed by atoms with Gasteiger partial charge in [0.1, 0.15) is 30.2 Å². The van der Waals surface area contributed by atoms with Gasteiger partial charge in [0, 0.05) is 6.42 Å². The highest BCUT2D eigenvalue weighted by Crippen LogP contribution is 2.13. The van der Waals surface area contributed by atoms with E-state index in [1.54, 1.807) is 0 Å². The first-order chi connectivity index (χ1) is 26.7. The third-order valence-electron chi connectivity index (χ3n) is 9.61. The van der Waals surface area contributed by atoms with Crippen molar-refractivity contribution in [2.75, 3.05) is 19.7 Å². The SMILES string of the molecule is CCCCCCCCCCCCCCCC(=O)N[C@H](CCCCN)C(=O)N[C@H](C(=O)N[C@H](C(=O)N[C@H](CCCCN)C(=O)N[C@H](CO)C(=O)O)[C@@H](C)O)[C@@H](C)O. The van der Waals surface area contributed by atoms with Crippen molar-refractivity contribution < 1.29 is 49.2 Å². The van der Waals surface area contributed by atoms with Gasteiger partial charge in [0.2, 0.25) is 29.5 Å². The molecule has 0 aromatic carbocycles. The van der Waals surface area contributed by atoms with Gasteiger partial charge in [-0.05, 0) is 71.9 Å². The van der Waals surface area contributed by atoms with Gasteiger partial charge < -0.3 is 58.5 Å². The average molecular weight is 802 g/mol. The Labute approximate surface area is 333 Å². The maximum absolute atomic E-state index is 13.5. The second-order valence-electron chi connectivity index (χ2n) is 14.8. The summed E-state index contributed by atoms with van der Waals surface area (Å²) < 4.78 is 0. The number of rotatable bonds is 35. The molecule has 0 aromatic heterocycles. The summed E-state index contributed by atoms with van der Waals surface area (Å²) >= 11 is 0. The minimum Gasteiger partial charge on any atom is -0.480 e. The van der Waals surface area contributed by atoms with E-state index in [0.29, 0.717) is 38.6 Å². The number of hydrogen-bond donors (Lipinski definition) is 11. The maximum atomic E-state index is 13.5. The van der Waals surface area contributed by atoms with Crippen LogP contribution < -0.4 is 38.1 Å². The van der Waals surface area contributed by atoms with Gasteiger partial charge in [0.15, 0.2) is 0 Å². The van der Waals surface area contributed by atoms with Crippen LogP contribution in [0.4, 0.5) is 0 Å². The summed E-state index contributed by atoms with van der Waals surface area (Å²) in [5.74, 6) is -5.49. The number of aliphatic hydroxyl groups excluding tert-OH is 3. The average Bonchev–Trinajstić information content (AvgIpc) is 3.15. The molecule has 0 bridgehead atoms. The van der Waals surface area contributed by atoms with Gasteiger partial charge in [0.05, 0.1) is 18.8 Å². The van der Waals surface area contributed by atoms with Gasteiger partial charge in [-0.3, -0.25) is 24.0 Å². The summed E-state index contributed by atoms with van der Waals surface area (Å²) in [5.41, 5.74) is 11.2. The van der Waals surface area contributed by atoms with E-state index in [4.69, 9.17) is 11.5 Å². The lowest BCUT2D eigenvalue weighted by molar-refractivity contribution is -0.143. The molecule has 0 fully saturated rings. The summed E-state index contributed by atoms with van der Waals surface area (Å²) in [6.07, 6.45) is 14.6. The first-order valence-electron chi connectivity index (χ1n) is 20.8. The molecule has 0 saturated carbocycles. The Hall–Kier alpha value is -3.38. The number of amides is 5. The Kier molecular flexibility index (Phi) is 30.7. The standard InChI is InChI=1S/C39H75N7O10/c1-4-5-6-7-8-9-10-11-12-13-14-15-16-23-32(50)42-29(21-17-19-24-40)36(52)45-34(28(3)49)38(54)46-33(27(2)48)37(53)43-30(22-18-20-25-41)35(51)44-31(26-47)39(55)56/h27-31,33-34,47-49H,4-26,40-41H2,1-3H3,(H,42,50)(H,43,53)(H,44,51)(H,45,52)(H,46,54)(H,55,56)/t27-,28-,29-,30-,31-,33+,34+/m1/s1. The molecule has 0 spiro atoms. The molecule has 7 atom stereocenters. The fourth-order valence-corrected chi connectivity index (χ4v) is 6.12. The number of unbranched alkanes of at least 4 members (excludes halogenated alkanes) is 14. The topological polar surface area (TPSA) is 296 Å². The van der Waals surface area contributed by atoms with E-state index in [-0.39, 0.29) is 31.7 Å². The van der Waals surface area contributed by atoms with Crippen LogP contribution in [0.5, 0.6) is 0 Å². The normalized spacial score (nSPS) is 15.0. The van der Waals surface area contributed by atoms with Crippen molar-refractivity contribution in [2.24, 2.45) is 11.5 Å². The predicted octanol–water partition coefficient (Wildman–Crippen LogP) is 0.988. The van der Waals surface area contributed by atoms with E-state index in [1.807, 2.05) is 0 Å². The first-order valence-corrected chi connectivity index (χ1v) is 20.8. The van der Waals surface area contributed by atoms with Gasteiger partial charge in [-0.1, -0.05) is 84.0 Å². The van der Waals surface area contributed by atoms with Gasteiger partial charge in [-0.15, -0.1) is 0 Å². The van der Waals surface area contributed by atoms with Gasteiger partial charge in [-0.25, -0.2) is 4.79 Å². The molecular formula is C39H75N7O10. The van der Waals surface area contributed by atoms with Crippen molar-refractivity contribution in [2.45, 2.75) is 192 Å². The van der Waals surface area contributed by atoms with Gasteiger partial charge in [0.25, 0.3) is 0 Å². The second-order valence-corrected chi connectivity index (χ2v) is 14.8. The molecule has 0 heterocycles. The number of carbonyl (C=O) groups excluding carboxylic acids is 5. The highest BCUT2D eigenvalue weighted by atomic mass is 16.4. The molecule has 13 N–H and O–H groups in total. The zero-order chi connectivity index (χ0) is 42.3. The summed E-state index contributed by atoms with van der Waals surface area (Å²) in [6, 6.07) is -7.25. The van der Waals surface area contributed by atoms with Crippen molar-refractivity contribution in [3.05, 3.63) is 0 Å². The molecule has 56 heavy (non-hydrogen) atoms. The monoisotopic (exact) mass is 802 g/mol. The van der Waals surface area contributed by atoms with Crippen LogP contribution in [0.15, 0.2) is 0 Å². The zero-order valence-electron chi connectivity index (χ0n) is 34.2. The number of aliphatic hydroxyl groups is 3. The molecule has 0 aliphatic carbocycles. The van der Waals surface area contributed by atoms with Crippen molar-refractivity contribution >= 4 is 35.5 Å². The predicted molar refractivity (Wildman–Crippen MR) is 214 cm³/mol. The quantitative estimate of drug-likeness (QED) is 0.0400. The summed E-state index contributed by atoms with van der Waals surface area (Å²) in [4.78, 5) is 77.3. The van der Waals surface area contributed by atoms with E-state index in [0.717, 1.165) is 19.3 Å².